The molecule has 3 nitrogen and oxygen atoms in total. The van der Waals surface area contributed by atoms with Crippen LogP contribution in [0.25, 0.3) is 0 Å². The van der Waals surface area contributed by atoms with E-state index in [1.54, 1.807) is 19.1 Å². The number of hydrogen-bond acceptors (Lipinski definition) is 2. The fourth-order valence-corrected chi connectivity index (χ4v) is 2.59. The van der Waals surface area contributed by atoms with Crippen molar-refractivity contribution in [1.82, 2.24) is 5.32 Å². The van der Waals surface area contributed by atoms with Crippen molar-refractivity contribution < 1.29 is 9.53 Å². The fourth-order valence-electron chi connectivity index (χ4n) is 1.88. The van der Waals surface area contributed by atoms with Crippen LogP contribution in [0.1, 0.15) is 18.1 Å². The number of rotatable bonds is 5. The first kappa shape index (κ1) is 16.8. The highest BCUT2D eigenvalue weighted by Gasteiger charge is 2.15. The SMILES string of the molecule is Cc1ccc(OC(C)C(=O)NCc2ccc(Cl)cc2)c(Br)c1. The van der Waals surface area contributed by atoms with Gasteiger partial charge in [-0.2, -0.15) is 0 Å². The zero-order valence-corrected chi connectivity index (χ0v) is 14.7. The van der Waals surface area contributed by atoms with Gasteiger partial charge in [0, 0.05) is 11.6 Å². The molecule has 0 aliphatic rings. The Morgan fingerprint density at radius 2 is 1.95 bits per heavy atom. The second-order valence-corrected chi connectivity index (χ2v) is 6.33. The molecule has 0 aliphatic carbocycles. The lowest BCUT2D eigenvalue weighted by Gasteiger charge is -2.16. The van der Waals surface area contributed by atoms with E-state index in [1.807, 2.05) is 37.3 Å². The molecule has 1 N–H and O–H groups in total. The summed E-state index contributed by atoms with van der Waals surface area (Å²) in [6.45, 7) is 4.17. The van der Waals surface area contributed by atoms with Gasteiger partial charge in [-0.1, -0.05) is 29.8 Å². The van der Waals surface area contributed by atoms with E-state index < -0.39 is 6.10 Å². The highest BCUT2D eigenvalue weighted by Crippen LogP contribution is 2.26. The molecule has 0 saturated carbocycles. The minimum Gasteiger partial charge on any atom is -0.480 e. The number of hydrogen-bond donors (Lipinski definition) is 1. The average Bonchev–Trinajstić information content (AvgIpc) is 2.49. The maximum Gasteiger partial charge on any atom is 0.261 e. The van der Waals surface area contributed by atoms with Gasteiger partial charge in [0.1, 0.15) is 5.75 Å². The second kappa shape index (κ2) is 7.65. The minimum atomic E-state index is -0.577. The van der Waals surface area contributed by atoms with Crippen LogP contribution >= 0.6 is 27.5 Å². The number of aryl methyl sites for hydroxylation is 1. The van der Waals surface area contributed by atoms with E-state index in [-0.39, 0.29) is 5.91 Å². The predicted molar refractivity (Wildman–Crippen MR) is 92.3 cm³/mol. The molecule has 2 aromatic rings. The number of benzene rings is 2. The van der Waals surface area contributed by atoms with E-state index in [2.05, 4.69) is 21.2 Å². The summed E-state index contributed by atoms with van der Waals surface area (Å²) in [7, 11) is 0. The standard InChI is InChI=1S/C17H17BrClNO2/c1-11-3-8-16(15(18)9-11)22-12(2)17(21)20-10-13-4-6-14(19)7-5-13/h3-9,12H,10H2,1-2H3,(H,20,21). The Morgan fingerprint density at radius 3 is 2.59 bits per heavy atom. The Bertz CT molecular complexity index is 658. The topological polar surface area (TPSA) is 38.3 Å². The molecule has 2 aromatic carbocycles. The molecular formula is C17H17BrClNO2. The van der Waals surface area contributed by atoms with Gasteiger partial charge in [-0.3, -0.25) is 4.79 Å². The summed E-state index contributed by atoms with van der Waals surface area (Å²) in [4.78, 5) is 12.1. The highest BCUT2D eigenvalue weighted by molar-refractivity contribution is 9.10. The van der Waals surface area contributed by atoms with Crippen molar-refractivity contribution >= 4 is 33.4 Å². The Hall–Kier alpha value is -1.52. The van der Waals surface area contributed by atoms with Crippen LogP contribution in [-0.4, -0.2) is 12.0 Å². The molecule has 0 radical (unpaired) electrons. The second-order valence-electron chi connectivity index (χ2n) is 5.04. The number of halogens is 2. The molecule has 5 heteroatoms. The lowest BCUT2D eigenvalue weighted by Crippen LogP contribution is -2.35. The van der Waals surface area contributed by atoms with Gasteiger partial charge in [0.2, 0.25) is 0 Å². The van der Waals surface area contributed by atoms with Crippen molar-refractivity contribution in [3.05, 3.63) is 63.1 Å². The van der Waals surface area contributed by atoms with Crippen LogP contribution in [0.4, 0.5) is 0 Å². The lowest BCUT2D eigenvalue weighted by atomic mass is 10.2. The predicted octanol–water partition coefficient (Wildman–Crippen LogP) is 4.49. The molecule has 1 unspecified atom stereocenters. The maximum absolute atomic E-state index is 12.1. The largest absolute Gasteiger partial charge is 0.480 e. The van der Waals surface area contributed by atoms with E-state index >= 15 is 0 Å². The zero-order chi connectivity index (χ0) is 16.1. The first-order valence-electron chi connectivity index (χ1n) is 6.90. The Morgan fingerprint density at radius 1 is 1.27 bits per heavy atom. The van der Waals surface area contributed by atoms with Gasteiger partial charge in [-0.05, 0) is 65.2 Å². The van der Waals surface area contributed by atoms with Gasteiger partial charge in [0.15, 0.2) is 6.10 Å². The van der Waals surface area contributed by atoms with E-state index in [1.165, 1.54) is 0 Å². The summed E-state index contributed by atoms with van der Waals surface area (Å²) >= 11 is 9.27. The molecule has 1 atom stereocenters. The normalized spacial score (nSPS) is 11.8. The minimum absolute atomic E-state index is 0.164. The molecule has 0 aliphatic heterocycles. The van der Waals surface area contributed by atoms with E-state index in [0.29, 0.717) is 17.3 Å². The quantitative estimate of drug-likeness (QED) is 0.827. The number of carbonyl (C=O) groups excluding carboxylic acids is 1. The van der Waals surface area contributed by atoms with Crippen molar-refractivity contribution in [1.29, 1.82) is 0 Å². The third kappa shape index (κ3) is 4.75. The van der Waals surface area contributed by atoms with Crippen molar-refractivity contribution in [3.63, 3.8) is 0 Å². The number of ether oxygens (including phenoxy) is 1. The van der Waals surface area contributed by atoms with Crippen molar-refractivity contribution in [3.8, 4) is 5.75 Å². The Labute approximate surface area is 143 Å². The maximum atomic E-state index is 12.1. The van der Waals surface area contributed by atoms with E-state index in [4.69, 9.17) is 16.3 Å². The smallest absolute Gasteiger partial charge is 0.261 e. The molecule has 116 valence electrons. The van der Waals surface area contributed by atoms with Crippen molar-refractivity contribution in [2.24, 2.45) is 0 Å². The van der Waals surface area contributed by atoms with Gasteiger partial charge in [-0.15, -0.1) is 0 Å². The summed E-state index contributed by atoms with van der Waals surface area (Å²) in [5, 5.41) is 3.52. The van der Waals surface area contributed by atoms with Crippen LogP contribution in [0.3, 0.4) is 0 Å². The van der Waals surface area contributed by atoms with Crippen molar-refractivity contribution in [2.45, 2.75) is 26.5 Å². The highest BCUT2D eigenvalue weighted by atomic mass is 79.9. The summed E-state index contributed by atoms with van der Waals surface area (Å²) < 4.78 is 6.53. The first-order valence-corrected chi connectivity index (χ1v) is 8.08. The Balaban J connectivity index is 1.90. The molecule has 0 saturated heterocycles. The lowest BCUT2D eigenvalue weighted by molar-refractivity contribution is -0.127. The number of nitrogens with one attached hydrogen (secondary N) is 1. The van der Waals surface area contributed by atoms with Crippen LogP contribution < -0.4 is 10.1 Å². The molecule has 0 heterocycles. The molecular weight excluding hydrogens is 366 g/mol. The third-order valence-electron chi connectivity index (χ3n) is 3.14. The molecule has 2 rings (SSSR count). The van der Waals surface area contributed by atoms with Gasteiger partial charge in [0.25, 0.3) is 5.91 Å². The van der Waals surface area contributed by atoms with Crippen molar-refractivity contribution in [2.75, 3.05) is 0 Å². The molecule has 0 spiro atoms. The summed E-state index contributed by atoms with van der Waals surface area (Å²) in [5.41, 5.74) is 2.11. The average molecular weight is 383 g/mol. The van der Waals surface area contributed by atoms with E-state index in [0.717, 1.165) is 15.6 Å². The van der Waals surface area contributed by atoms with Gasteiger partial charge < -0.3 is 10.1 Å². The zero-order valence-electron chi connectivity index (χ0n) is 12.4. The molecule has 0 fully saturated rings. The fraction of sp³-hybridized carbons (Fsp3) is 0.235. The molecule has 22 heavy (non-hydrogen) atoms. The van der Waals surface area contributed by atoms with E-state index in [9.17, 15) is 4.79 Å². The molecule has 0 aromatic heterocycles. The Kier molecular flexibility index (Phi) is 5.86. The van der Waals surface area contributed by atoms with Crippen LogP contribution in [0.15, 0.2) is 46.9 Å². The summed E-state index contributed by atoms with van der Waals surface area (Å²) in [5.74, 6) is 0.488. The monoisotopic (exact) mass is 381 g/mol. The van der Waals surface area contributed by atoms with Gasteiger partial charge in [0.05, 0.1) is 4.47 Å². The summed E-state index contributed by atoms with van der Waals surface area (Å²) in [6, 6.07) is 13.1. The summed E-state index contributed by atoms with van der Waals surface area (Å²) in [6.07, 6.45) is -0.577. The number of carbonyl (C=O) groups is 1. The van der Waals surface area contributed by atoms with Crippen LogP contribution in [0.2, 0.25) is 5.02 Å². The third-order valence-corrected chi connectivity index (χ3v) is 4.01. The van der Waals surface area contributed by atoms with Crippen LogP contribution in [0.5, 0.6) is 5.75 Å². The number of amides is 1. The van der Waals surface area contributed by atoms with Gasteiger partial charge >= 0.3 is 0 Å². The van der Waals surface area contributed by atoms with Crippen LogP contribution in [0, 0.1) is 6.92 Å². The molecule has 1 amide bonds. The van der Waals surface area contributed by atoms with Gasteiger partial charge in [-0.25, -0.2) is 0 Å². The van der Waals surface area contributed by atoms with Crippen LogP contribution in [-0.2, 0) is 11.3 Å². The first-order chi connectivity index (χ1) is 10.5. The molecule has 0 bridgehead atoms.